The first-order valence-corrected chi connectivity index (χ1v) is 6.52. The lowest BCUT2D eigenvalue weighted by Crippen LogP contribution is -2.36. The summed E-state index contributed by atoms with van der Waals surface area (Å²) in [6, 6.07) is 4.27. The summed E-state index contributed by atoms with van der Waals surface area (Å²) in [7, 11) is 4.02. The molecule has 98 valence electrons. The lowest BCUT2D eigenvalue weighted by molar-refractivity contribution is 0.580. The predicted octanol–water partition coefficient (Wildman–Crippen LogP) is 3.00. The van der Waals surface area contributed by atoms with E-state index in [2.05, 4.69) is 41.7 Å². The molecule has 1 aromatic rings. The highest BCUT2D eigenvalue weighted by Gasteiger charge is 2.06. The number of halogens is 1. The molecular formula is C12H22IN3S. The van der Waals surface area contributed by atoms with E-state index < -0.39 is 0 Å². The molecule has 5 heteroatoms. The summed E-state index contributed by atoms with van der Waals surface area (Å²) in [5.41, 5.74) is 0. The Morgan fingerprint density at radius 2 is 2.24 bits per heavy atom. The number of nitrogens with zero attached hydrogens (tertiary/aromatic N) is 2. The number of nitrogens with one attached hydrogen (secondary N) is 1. The molecule has 0 aromatic carbocycles. The molecule has 1 unspecified atom stereocenters. The number of aliphatic imine (C=N–C) groups is 1. The van der Waals surface area contributed by atoms with E-state index >= 15 is 0 Å². The van der Waals surface area contributed by atoms with Crippen molar-refractivity contribution in [1.29, 1.82) is 0 Å². The Hall–Kier alpha value is -0.300. The lowest BCUT2D eigenvalue weighted by Gasteiger charge is -2.17. The van der Waals surface area contributed by atoms with Crippen LogP contribution in [0.15, 0.2) is 22.5 Å². The molecule has 1 N–H and O–H groups in total. The molecule has 0 aliphatic carbocycles. The molecule has 0 saturated heterocycles. The Labute approximate surface area is 125 Å². The van der Waals surface area contributed by atoms with Crippen molar-refractivity contribution in [3.05, 3.63) is 22.4 Å². The standard InChI is InChI=1S/C12H21N3S.HI/c1-5-13-12(15(3)4)14-9-10(2)11-7-6-8-16-11;/h6-8,10H,5,9H2,1-4H3,(H,13,14);1H. The fourth-order valence-electron chi connectivity index (χ4n) is 1.40. The molecule has 0 aliphatic heterocycles. The summed E-state index contributed by atoms with van der Waals surface area (Å²) in [6.45, 7) is 6.04. The van der Waals surface area contributed by atoms with Gasteiger partial charge < -0.3 is 10.2 Å². The smallest absolute Gasteiger partial charge is 0.193 e. The van der Waals surface area contributed by atoms with Crippen LogP contribution in [0.25, 0.3) is 0 Å². The second-order valence-corrected chi connectivity index (χ2v) is 4.98. The molecule has 0 spiro atoms. The first-order chi connectivity index (χ1) is 7.65. The van der Waals surface area contributed by atoms with Crippen molar-refractivity contribution in [3.8, 4) is 0 Å². The largest absolute Gasteiger partial charge is 0.357 e. The van der Waals surface area contributed by atoms with Gasteiger partial charge in [0.05, 0.1) is 6.54 Å². The van der Waals surface area contributed by atoms with E-state index in [9.17, 15) is 0 Å². The summed E-state index contributed by atoms with van der Waals surface area (Å²) in [5.74, 6) is 1.46. The van der Waals surface area contributed by atoms with E-state index in [1.54, 1.807) is 11.3 Å². The van der Waals surface area contributed by atoms with Crippen LogP contribution in [0.1, 0.15) is 24.6 Å². The van der Waals surface area contributed by atoms with Gasteiger partial charge in [-0.25, -0.2) is 0 Å². The van der Waals surface area contributed by atoms with E-state index in [1.165, 1.54) is 4.88 Å². The third-order valence-electron chi connectivity index (χ3n) is 2.30. The fraction of sp³-hybridized carbons (Fsp3) is 0.583. The highest BCUT2D eigenvalue weighted by Crippen LogP contribution is 2.20. The van der Waals surface area contributed by atoms with Gasteiger partial charge in [0.2, 0.25) is 0 Å². The molecule has 17 heavy (non-hydrogen) atoms. The minimum absolute atomic E-state index is 0. The van der Waals surface area contributed by atoms with Gasteiger partial charge in [-0.05, 0) is 18.4 Å². The highest BCUT2D eigenvalue weighted by atomic mass is 127. The van der Waals surface area contributed by atoms with E-state index in [-0.39, 0.29) is 24.0 Å². The molecule has 0 amide bonds. The molecule has 1 aromatic heterocycles. The lowest BCUT2D eigenvalue weighted by atomic mass is 10.1. The molecule has 0 aliphatic rings. The van der Waals surface area contributed by atoms with Crippen LogP contribution in [0.2, 0.25) is 0 Å². The van der Waals surface area contributed by atoms with Crippen LogP contribution >= 0.6 is 35.3 Å². The van der Waals surface area contributed by atoms with Gasteiger partial charge in [-0.1, -0.05) is 13.0 Å². The van der Waals surface area contributed by atoms with Crippen LogP contribution in [-0.4, -0.2) is 38.0 Å². The molecule has 0 saturated carbocycles. The Morgan fingerprint density at radius 3 is 2.71 bits per heavy atom. The van der Waals surface area contributed by atoms with Crippen LogP contribution in [0.4, 0.5) is 0 Å². The quantitative estimate of drug-likeness (QED) is 0.503. The molecular weight excluding hydrogens is 345 g/mol. The molecule has 0 radical (unpaired) electrons. The average Bonchev–Trinajstić information content (AvgIpc) is 2.76. The zero-order valence-corrected chi connectivity index (χ0v) is 14.1. The normalized spacial score (nSPS) is 12.8. The van der Waals surface area contributed by atoms with Crippen LogP contribution < -0.4 is 5.32 Å². The van der Waals surface area contributed by atoms with Crippen molar-refractivity contribution in [2.24, 2.45) is 4.99 Å². The zero-order valence-electron chi connectivity index (χ0n) is 10.9. The van der Waals surface area contributed by atoms with Gasteiger partial charge in [-0.15, -0.1) is 35.3 Å². The van der Waals surface area contributed by atoms with Gasteiger partial charge in [0, 0.05) is 31.4 Å². The van der Waals surface area contributed by atoms with Crippen molar-refractivity contribution in [1.82, 2.24) is 10.2 Å². The van der Waals surface area contributed by atoms with Crippen molar-refractivity contribution >= 4 is 41.3 Å². The molecule has 1 atom stereocenters. The van der Waals surface area contributed by atoms with Gasteiger partial charge >= 0.3 is 0 Å². The van der Waals surface area contributed by atoms with Gasteiger partial charge in [-0.2, -0.15) is 0 Å². The summed E-state index contributed by atoms with van der Waals surface area (Å²) in [5, 5.41) is 5.38. The third-order valence-corrected chi connectivity index (χ3v) is 3.41. The van der Waals surface area contributed by atoms with E-state index in [0.29, 0.717) is 5.92 Å². The molecule has 0 fully saturated rings. The van der Waals surface area contributed by atoms with Crippen LogP contribution in [0, 0.1) is 0 Å². The SMILES string of the molecule is CCNC(=NCC(C)c1cccs1)N(C)C.I. The summed E-state index contributed by atoms with van der Waals surface area (Å²) in [6.07, 6.45) is 0. The Kier molecular flexibility index (Phi) is 8.59. The highest BCUT2D eigenvalue weighted by molar-refractivity contribution is 14.0. The van der Waals surface area contributed by atoms with Crippen molar-refractivity contribution in [3.63, 3.8) is 0 Å². The Bertz CT molecular complexity index is 323. The second kappa shape index (κ2) is 8.74. The second-order valence-electron chi connectivity index (χ2n) is 4.01. The summed E-state index contributed by atoms with van der Waals surface area (Å²) < 4.78 is 0. The predicted molar refractivity (Wildman–Crippen MR) is 87.8 cm³/mol. The van der Waals surface area contributed by atoms with Gasteiger partial charge in [0.15, 0.2) is 5.96 Å². The Balaban J connectivity index is 0.00000256. The number of hydrogen-bond donors (Lipinski definition) is 1. The maximum Gasteiger partial charge on any atom is 0.193 e. The van der Waals surface area contributed by atoms with Crippen molar-refractivity contribution < 1.29 is 0 Å². The topological polar surface area (TPSA) is 27.6 Å². The van der Waals surface area contributed by atoms with Crippen LogP contribution in [0.3, 0.4) is 0 Å². The van der Waals surface area contributed by atoms with Crippen molar-refractivity contribution in [2.45, 2.75) is 19.8 Å². The summed E-state index contributed by atoms with van der Waals surface area (Å²) >= 11 is 1.80. The van der Waals surface area contributed by atoms with Crippen LogP contribution in [0.5, 0.6) is 0 Å². The zero-order chi connectivity index (χ0) is 12.0. The van der Waals surface area contributed by atoms with Gasteiger partial charge in [0.1, 0.15) is 0 Å². The molecule has 0 bridgehead atoms. The average molecular weight is 367 g/mol. The summed E-state index contributed by atoms with van der Waals surface area (Å²) in [4.78, 5) is 8.03. The molecule has 3 nitrogen and oxygen atoms in total. The van der Waals surface area contributed by atoms with Crippen molar-refractivity contribution in [2.75, 3.05) is 27.2 Å². The first kappa shape index (κ1) is 16.7. The minimum atomic E-state index is 0. The molecule has 1 rings (SSSR count). The van der Waals surface area contributed by atoms with Crippen LogP contribution in [-0.2, 0) is 0 Å². The first-order valence-electron chi connectivity index (χ1n) is 5.64. The van der Waals surface area contributed by atoms with E-state index in [1.807, 2.05) is 19.0 Å². The monoisotopic (exact) mass is 367 g/mol. The van der Waals surface area contributed by atoms with E-state index in [0.717, 1.165) is 19.0 Å². The third kappa shape index (κ3) is 5.72. The Morgan fingerprint density at radius 1 is 1.53 bits per heavy atom. The minimum Gasteiger partial charge on any atom is -0.357 e. The van der Waals surface area contributed by atoms with E-state index in [4.69, 9.17) is 0 Å². The molecule has 1 heterocycles. The fourth-order valence-corrected chi connectivity index (χ4v) is 2.18. The maximum absolute atomic E-state index is 4.61. The van der Waals surface area contributed by atoms with Gasteiger partial charge in [0.25, 0.3) is 0 Å². The maximum atomic E-state index is 4.61. The number of hydrogen-bond acceptors (Lipinski definition) is 2. The number of rotatable bonds is 4. The number of thiophene rings is 1. The number of guanidine groups is 1. The van der Waals surface area contributed by atoms with Gasteiger partial charge in [-0.3, -0.25) is 4.99 Å².